The predicted molar refractivity (Wildman–Crippen MR) is 85.7 cm³/mol. The molecule has 4 heteroatoms. The Balaban J connectivity index is 2.64. The average molecular weight is 290 g/mol. The molecule has 4 nitrogen and oxygen atoms in total. The van der Waals surface area contributed by atoms with Crippen LogP contribution < -0.4 is 11.1 Å². The van der Waals surface area contributed by atoms with Crippen LogP contribution in [0.25, 0.3) is 0 Å². The third-order valence-electron chi connectivity index (χ3n) is 3.42. The highest BCUT2D eigenvalue weighted by molar-refractivity contribution is 5.86. The molecule has 1 aromatic carbocycles. The van der Waals surface area contributed by atoms with Crippen LogP contribution in [0.1, 0.15) is 33.3 Å². The molecular weight excluding hydrogens is 264 g/mol. The van der Waals surface area contributed by atoms with Crippen LogP contribution >= 0.6 is 0 Å². The summed E-state index contributed by atoms with van der Waals surface area (Å²) in [5.74, 6) is -0.226. The second kappa shape index (κ2) is 6.87. The van der Waals surface area contributed by atoms with E-state index in [0.29, 0.717) is 13.2 Å². The van der Waals surface area contributed by atoms with Crippen LogP contribution in [-0.2, 0) is 16.1 Å². The van der Waals surface area contributed by atoms with Crippen molar-refractivity contribution in [1.82, 2.24) is 5.32 Å². The predicted octanol–water partition coefficient (Wildman–Crippen LogP) is 2.39. The minimum atomic E-state index is -0.934. The molecule has 21 heavy (non-hydrogen) atoms. The van der Waals surface area contributed by atoms with Crippen molar-refractivity contribution in [2.24, 2.45) is 5.73 Å². The zero-order valence-electron chi connectivity index (χ0n) is 13.4. The van der Waals surface area contributed by atoms with Gasteiger partial charge >= 0.3 is 0 Å². The fraction of sp³-hybridized carbons (Fsp3) is 0.471. The minimum absolute atomic E-state index is 0.226. The van der Waals surface area contributed by atoms with Crippen LogP contribution in [0.2, 0.25) is 0 Å². The Morgan fingerprint density at radius 1 is 1.29 bits per heavy atom. The summed E-state index contributed by atoms with van der Waals surface area (Å²) in [6.07, 6.45) is 0. The van der Waals surface area contributed by atoms with Crippen LogP contribution in [0.4, 0.5) is 0 Å². The van der Waals surface area contributed by atoms with Crippen molar-refractivity contribution >= 4 is 5.91 Å². The van der Waals surface area contributed by atoms with Gasteiger partial charge in [0.1, 0.15) is 0 Å². The van der Waals surface area contributed by atoms with Crippen molar-refractivity contribution in [3.8, 4) is 0 Å². The van der Waals surface area contributed by atoms with Gasteiger partial charge in [-0.1, -0.05) is 42.5 Å². The second-order valence-corrected chi connectivity index (χ2v) is 6.27. The molecule has 0 spiro atoms. The Hall–Kier alpha value is -1.65. The molecule has 0 bridgehead atoms. The zero-order valence-corrected chi connectivity index (χ0v) is 13.4. The lowest BCUT2D eigenvalue weighted by Crippen LogP contribution is -2.58. The molecule has 0 aromatic heterocycles. The molecule has 1 aromatic rings. The molecule has 3 N–H and O–H groups in total. The van der Waals surface area contributed by atoms with Gasteiger partial charge in [-0.05, 0) is 33.3 Å². The molecule has 1 atom stereocenters. The maximum Gasteiger partial charge on any atom is 0.240 e. The lowest BCUT2D eigenvalue weighted by molar-refractivity contribution is -0.127. The third-order valence-corrected chi connectivity index (χ3v) is 3.42. The number of hydrogen-bond donors (Lipinski definition) is 2. The SMILES string of the molecule is C=C(C)C(C)(COCc1ccccc1)NC(=O)C(C)(C)N. The first-order chi connectivity index (χ1) is 9.65. The second-order valence-electron chi connectivity index (χ2n) is 6.27. The van der Waals surface area contributed by atoms with Gasteiger partial charge in [-0.25, -0.2) is 0 Å². The van der Waals surface area contributed by atoms with E-state index in [1.807, 2.05) is 44.2 Å². The van der Waals surface area contributed by atoms with E-state index in [-0.39, 0.29) is 5.91 Å². The molecule has 1 amide bonds. The monoisotopic (exact) mass is 290 g/mol. The Morgan fingerprint density at radius 3 is 2.33 bits per heavy atom. The number of ether oxygens (including phenoxy) is 1. The van der Waals surface area contributed by atoms with E-state index in [0.717, 1.165) is 11.1 Å². The van der Waals surface area contributed by atoms with Crippen LogP contribution in [0, 0.1) is 0 Å². The van der Waals surface area contributed by atoms with Crippen molar-refractivity contribution in [3.05, 3.63) is 48.0 Å². The van der Waals surface area contributed by atoms with Gasteiger partial charge in [0.15, 0.2) is 0 Å². The van der Waals surface area contributed by atoms with E-state index in [1.54, 1.807) is 13.8 Å². The van der Waals surface area contributed by atoms with Crippen LogP contribution in [0.5, 0.6) is 0 Å². The number of nitrogens with one attached hydrogen (secondary N) is 1. The average Bonchev–Trinajstić information content (AvgIpc) is 2.38. The largest absolute Gasteiger partial charge is 0.374 e. The smallest absolute Gasteiger partial charge is 0.240 e. The molecule has 0 saturated carbocycles. The Morgan fingerprint density at radius 2 is 1.86 bits per heavy atom. The summed E-state index contributed by atoms with van der Waals surface area (Å²) < 4.78 is 5.74. The first kappa shape index (κ1) is 17.4. The summed E-state index contributed by atoms with van der Waals surface area (Å²) in [6, 6.07) is 9.90. The summed E-state index contributed by atoms with van der Waals surface area (Å²) in [4.78, 5) is 12.1. The molecule has 116 valence electrons. The van der Waals surface area contributed by atoms with Crippen molar-refractivity contribution in [2.75, 3.05) is 6.61 Å². The molecule has 0 aliphatic rings. The number of nitrogens with two attached hydrogens (primary N) is 1. The maximum atomic E-state index is 12.1. The van der Waals surface area contributed by atoms with E-state index >= 15 is 0 Å². The quantitative estimate of drug-likeness (QED) is 0.758. The van der Waals surface area contributed by atoms with Crippen LogP contribution in [0.15, 0.2) is 42.5 Å². The fourth-order valence-electron chi connectivity index (χ4n) is 1.62. The summed E-state index contributed by atoms with van der Waals surface area (Å²) in [6.45, 7) is 11.9. The van der Waals surface area contributed by atoms with E-state index in [4.69, 9.17) is 10.5 Å². The molecule has 0 aliphatic carbocycles. The van der Waals surface area contributed by atoms with E-state index in [2.05, 4.69) is 11.9 Å². The molecular formula is C17H26N2O2. The summed E-state index contributed by atoms with van der Waals surface area (Å²) >= 11 is 0. The fourth-order valence-corrected chi connectivity index (χ4v) is 1.62. The van der Waals surface area contributed by atoms with E-state index in [9.17, 15) is 4.79 Å². The van der Waals surface area contributed by atoms with Crippen molar-refractivity contribution in [2.45, 2.75) is 45.4 Å². The molecule has 0 heterocycles. The molecule has 0 fully saturated rings. The van der Waals surface area contributed by atoms with Gasteiger partial charge in [0.25, 0.3) is 0 Å². The standard InChI is InChI=1S/C17H26N2O2/c1-13(2)17(5,19-15(20)16(3,4)18)12-21-11-14-9-7-6-8-10-14/h6-10H,1,11-12,18H2,2-5H3,(H,19,20). The van der Waals surface area contributed by atoms with E-state index in [1.165, 1.54) is 0 Å². The first-order valence-electron chi connectivity index (χ1n) is 7.04. The number of amides is 1. The lowest BCUT2D eigenvalue weighted by Gasteiger charge is -2.34. The Labute approximate surface area is 127 Å². The number of carbonyl (C=O) groups is 1. The van der Waals surface area contributed by atoms with Crippen LogP contribution in [-0.4, -0.2) is 23.6 Å². The van der Waals surface area contributed by atoms with Gasteiger partial charge < -0.3 is 15.8 Å². The first-order valence-corrected chi connectivity index (χ1v) is 7.04. The number of benzene rings is 1. The molecule has 1 unspecified atom stereocenters. The molecule has 0 saturated heterocycles. The van der Waals surface area contributed by atoms with Gasteiger partial charge in [0, 0.05) is 0 Å². The number of hydrogen-bond acceptors (Lipinski definition) is 3. The summed E-state index contributed by atoms with van der Waals surface area (Å²) in [5.41, 5.74) is 6.17. The summed E-state index contributed by atoms with van der Waals surface area (Å²) in [5, 5.41) is 2.93. The highest BCUT2D eigenvalue weighted by atomic mass is 16.5. The topological polar surface area (TPSA) is 64.3 Å². The Bertz CT molecular complexity index is 491. The molecule has 1 rings (SSSR count). The minimum Gasteiger partial charge on any atom is -0.374 e. The van der Waals surface area contributed by atoms with E-state index < -0.39 is 11.1 Å². The van der Waals surface area contributed by atoms with Gasteiger partial charge in [-0.3, -0.25) is 4.79 Å². The van der Waals surface area contributed by atoms with Crippen molar-refractivity contribution in [1.29, 1.82) is 0 Å². The maximum absolute atomic E-state index is 12.1. The normalized spacial score (nSPS) is 14.3. The highest BCUT2D eigenvalue weighted by Gasteiger charge is 2.32. The zero-order chi connectivity index (χ0) is 16.1. The summed E-state index contributed by atoms with van der Waals surface area (Å²) in [7, 11) is 0. The van der Waals surface area contributed by atoms with Gasteiger partial charge in [0.2, 0.25) is 5.91 Å². The van der Waals surface area contributed by atoms with Crippen molar-refractivity contribution < 1.29 is 9.53 Å². The van der Waals surface area contributed by atoms with Gasteiger partial charge in [-0.2, -0.15) is 0 Å². The third kappa shape index (κ3) is 5.33. The van der Waals surface area contributed by atoms with Crippen LogP contribution in [0.3, 0.4) is 0 Å². The molecule has 0 aliphatic heterocycles. The number of carbonyl (C=O) groups excluding carboxylic acids is 1. The molecule has 0 radical (unpaired) electrons. The number of rotatable bonds is 7. The van der Waals surface area contributed by atoms with Gasteiger partial charge in [0.05, 0.1) is 24.3 Å². The highest BCUT2D eigenvalue weighted by Crippen LogP contribution is 2.17. The Kier molecular flexibility index (Phi) is 5.70. The van der Waals surface area contributed by atoms with Crippen molar-refractivity contribution in [3.63, 3.8) is 0 Å². The lowest BCUT2D eigenvalue weighted by atomic mass is 9.93. The van der Waals surface area contributed by atoms with Gasteiger partial charge in [-0.15, -0.1) is 0 Å².